The number of aromatic nitrogens is 5. The van der Waals surface area contributed by atoms with Crippen molar-refractivity contribution in [2.24, 2.45) is 0 Å². The van der Waals surface area contributed by atoms with Gasteiger partial charge in [0.05, 0.1) is 18.4 Å². The summed E-state index contributed by atoms with van der Waals surface area (Å²) in [5, 5.41) is 4.53. The second-order valence-electron chi connectivity index (χ2n) is 7.81. The van der Waals surface area contributed by atoms with Gasteiger partial charge < -0.3 is 9.47 Å². The van der Waals surface area contributed by atoms with Crippen LogP contribution in [0.5, 0.6) is 0 Å². The van der Waals surface area contributed by atoms with Gasteiger partial charge in [-0.3, -0.25) is 4.68 Å². The summed E-state index contributed by atoms with van der Waals surface area (Å²) in [7, 11) is 0. The monoisotopic (exact) mass is 447 g/mol. The number of fused-ring (bicyclic) bond motifs is 1. The predicted molar refractivity (Wildman–Crippen MR) is 107 cm³/mol. The van der Waals surface area contributed by atoms with Crippen LogP contribution in [-0.4, -0.2) is 49.2 Å². The van der Waals surface area contributed by atoms with Gasteiger partial charge in [0.1, 0.15) is 15.7 Å². The van der Waals surface area contributed by atoms with Gasteiger partial charge in [-0.2, -0.15) is 5.10 Å². The first-order valence-corrected chi connectivity index (χ1v) is 10.0. The van der Waals surface area contributed by atoms with Crippen LogP contribution in [0, 0.1) is 0 Å². The Morgan fingerprint density at radius 2 is 2.00 bits per heavy atom. The standard InChI is InChI=1S/C19H22BrN5O3/c1-19(2,3)28-18(26)24-11-14(16-17(24)21-9-15(20)23-16)12-8-22-25(10-12)13-4-6-27-7-5-13/h8-11,13H,4-7H2,1-3H3. The molecule has 9 heteroatoms. The van der Waals surface area contributed by atoms with E-state index in [2.05, 4.69) is 31.0 Å². The number of carbonyl (C=O) groups excluding carboxylic acids is 1. The minimum atomic E-state index is -0.607. The number of rotatable bonds is 2. The molecule has 1 saturated heterocycles. The van der Waals surface area contributed by atoms with Crippen molar-refractivity contribution < 1.29 is 14.3 Å². The number of ether oxygens (including phenoxy) is 2. The Kier molecular flexibility index (Phi) is 4.96. The molecule has 0 radical (unpaired) electrons. The van der Waals surface area contributed by atoms with Crippen molar-refractivity contribution in [3.63, 3.8) is 0 Å². The average molecular weight is 448 g/mol. The smallest absolute Gasteiger partial charge is 0.420 e. The van der Waals surface area contributed by atoms with Crippen molar-refractivity contribution in [1.29, 1.82) is 0 Å². The highest BCUT2D eigenvalue weighted by Crippen LogP contribution is 2.31. The number of carbonyl (C=O) groups is 1. The van der Waals surface area contributed by atoms with Crippen LogP contribution >= 0.6 is 15.9 Å². The normalized spacial score (nSPS) is 15.9. The largest absolute Gasteiger partial charge is 0.443 e. The zero-order valence-corrected chi connectivity index (χ0v) is 17.6. The first-order valence-electron chi connectivity index (χ1n) is 9.21. The summed E-state index contributed by atoms with van der Waals surface area (Å²) in [5.41, 5.74) is 2.13. The summed E-state index contributed by atoms with van der Waals surface area (Å²) in [5.74, 6) is 0. The lowest BCUT2D eigenvalue weighted by Gasteiger charge is -2.22. The molecule has 0 atom stereocenters. The van der Waals surface area contributed by atoms with E-state index in [4.69, 9.17) is 9.47 Å². The fraction of sp³-hybridized carbons (Fsp3) is 0.474. The average Bonchev–Trinajstić information content (AvgIpc) is 3.25. The van der Waals surface area contributed by atoms with Crippen molar-refractivity contribution >= 4 is 33.2 Å². The third-order valence-corrected chi connectivity index (χ3v) is 4.92. The van der Waals surface area contributed by atoms with E-state index in [-0.39, 0.29) is 0 Å². The molecule has 1 aliphatic heterocycles. The van der Waals surface area contributed by atoms with E-state index in [0.29, 0.717) is 21.8 Å². The van der Waals surface area contributed by atoms with E-state index >= 15 is 0 Å². The summed E-state index contributed by atoms with van der Waals surface area (Å²) in [6.07, 6.45) is 8.46. The Morgan fingerprint density at radius 1 is 1.25 bits per heavy atom. The zero-order chi connectivity index (χ0) is 19.9. The highest BCUT2D eigenvalue weighted by Gasteiger charge is 2.24. The van der Waals surface area contributed by atoms with Gasteiger partial charge in [0.15, 0.2) is 5.65 Å². The van der Waals surface area contributed by atoms with Gasteiger partial charge in [-0.25, -0.2) is 19.3 Å². The van der Waals surface area contributed by atoms with Crippen molar-refractivity contribution in [1.82, 2.24) is 24.3 Å². The molecular weight excluding hydrogens is 426 g/mol. The highest BCUT2D eigenvalue weighted by molar-refractivity contribution is 9.10. The van der Waals surface area contributed by atoms with Gasteiger partial charge in [0.25, 0.3) is 0 Å². The lowest BCUT2D eigenvalue weighted by atomic mass is 10.1. The van der Waals surface area contributed by atoms with Crippen molar-refractivity contribution in [2.75, 3.05) is 13.2 Å². The van der Waals surface area contributed by atoms with Crippen LogP contribution in [0.4, 0.5) is 4.79 Å². The minimum absolute atomic E-state index is 0.319. The Labute approximate surface area is 171 Å². The molecule has 0 N–H and O–H groups in total. The van der Waals surface area contributed by atoms with Gasteiger partial charge in [-0.15, -0.1) is 0 Å². The Hall–Kier alpha value is -2.26. The lowest BCUT2D eigenvalue weighted by molar-refractivity contribution is 0.0543. The second-order valence-corrected chi connectivity index (χ2v) is 8.62. The summed E-state index contributed by atoms with van der Waals surface area (Å²) in [4.78, 5) is 21.6. The van der Waals surface area contributed by atoms with Crippen molar-refractivity contribution in [3.05, 3.63) is 29.4 Å². The molecule has 0 amide bonds. The molecule has 8 nitrogen and oxygen atoms in total. The molecule has 0 aromatic carbocycles. The van der Waals surface area contributed by atoms with Gasteiger partial charge in [-0.1, -0.05) is 0 Å². The number of nitrogens with zero attached hydrogens (tertiary/aromatic N) is 5. The highest BCUT2D eigenvalue weighted by atomic mass is 79.9. The van der Waals surface area contributed by atoms with E-state index in [9.17, 15) is 4.79 Å². The molecule has 28 heavy (non-hydrogen) atoms. The van der Waals surface area contributed by atoms with Crippen LogP contribution in [-0.2, 0) is 9.47 Å². The van der Waals surface area contributed by atoms with Crippen LogP contribution in [0.25, 0.3) is 22.3 Å². The molecule has 0 bridgehead atoms. The molecule has 148 valence electrons. The quantitative estimate of drug-likeness (QED) is 0.585. The van der Waals surface area contributed by atoms with Crippen LogP contribution in [0.2, 0.25) is 0 Å². The van der Waals surface area contributed by atoms with Gasteiger partial charge in [-0.05, 0) is 49.5 Å². The van der Waals surface area contributed by atoms with Gasteiger partial charge in [0.2, 0.25) is 0 Å². The summed E-state index contributed by atoms with van der Waals surface area (Å²) < 4.78 is 14.9. The molecule has 0 spiro atoms. The van der Waals surface area contributed by atoms with Crippen molar-refractivity contribution in [2.45, 2.75) is 45.3 Å². The second kappa shape index (κ2) is 7.29. The maximum Gasteiger partial charge on any atom is 0.420 e. The minimum Gasteiger partial charge on any atom is -0.443 e. The maximum absolute atomic E-state index is 12.7. The first kappa shape index (κ1) is 19.1. The molecule has 0 aliphatic carbocycles. The molecule has 4 rings (SSSR count). The first-order chi connectivity index (χ1) is 13.3. The molecule has 3 aromatic rings. The van der Waals surface area contributed by atoms with E-state index in [1.54, 1.807) is 18.6 Å². The summed E-state index contributed by atoms with van der Waals surface area (Å²) >= 11 is 3.37. The van der Waals surface area contributed by atoms with E-state index < -0.39 is 11.7 Å². The van der Waals surface area contributed by atoms with Crippen LogP contribution in [0.1, 0.15) is 39.7 Å². The van der Waals surface area contributed by atoms with E-state index in [1.165, 1.54) is 4.57 Å². The number of hydrogen-bond donors (Lipinski definition) is 0. The third-order valence-electron chi connectivity index (χ3n) is 4.53. The fourth-order valence-corrected chi connectivity index (χ4v) is 3.54. The molecular formula is C19H22BrN5O3. The van der Waals surface area contributed by atoms with Crippen LogP contribution < -0.4 is 0 Å². The summed E-state index contributed by atoms with van der Waals surface area (Å²) in [6, 6.07) is 0.319. The number of halogens is 1. The maximum atomic E-state index is 12.7. The van der Waals surface area contributed by atoms with E-state index in [1.807, 2.05) is 31.6 Å². The molecule has 0 saturated carbocycles. The Morgan fingerprint density at radius 3 is 2.71 bits per heavy atom. The molecule has 3 aromatic heterocycles. The Balaban J connectivity index is 1.76. The fourth-order valence-electron chi connectivity index (χ4n) is 3.26. The number of hydrogen-bond acceptors (Lipinski definition) is 6. The van der Waals surface area contributed by atoms with Crippen LogP contribution in [0.3, 0.4) is 0 Å². The molecule has 0 unspecified atom stereocenters. The Bertz CT molecular complexity index is 1010. The van der Waals surface area contributed by atoms with Gasteiger partial charge >= 0.3 is 6.09 Å². The molecule has 1 aliphatic rings. The molecule has 4 heterocycles. The third kappa shape index (κ3) is 3.81. The lowest BCUT2D eigenvalue weighted by Crippen LogP contribution is -2.26. The predicted octanol–water partition coefficient (Wildman–Crippen LogP) is 4.19. The van der Waals surface area contributed by atoms with E-state index in [0.717, 1.165) is 37.2 Å². The topological polar surface area (TPSA) is 84.1 Å². The molecule has 1 fully saturated rings. The van der Waals surface area contributed by atoms with Crippen molar-refractivity contribution in [3.8, 4) is 11.1 Å². The zero-order valence-electron chi connectivity index (χ0n) is 16.1. The SMILES string of the molecule is CC(C)(C)OC(=O)n1cc(-c2cnn(C3CCOCC3)c2)c2nc(Br)cnc21. The van der Waals surface area contributed by atoms with Gasteiger partial charge in [0, 0.05) is 36.7 Å². The van der Waals surface area contributed by atoms with Crippen LogP contribution in [0.15, 0.2) is 29.4 Å². The summed E-state index contributed by atoms with van der Waals surface area (Å²) in [6.45, 7) is 6.99.